The molecule has 17 heteroatoms. The summed E-state index contributed by atoms with van der Waals surface area (Å²) in [5.74, 6) is -0.192. The number of aliphatic hydroxyl groups is 2. The normalized spacial score (nSPS) is 20.1. The molecule has 2 aromatic carbocycles. The number of carbonyl (C=O) groups is 1. The lowest BCUT2D eigenvalue weighted by Gasteiger charge is -2.27. The average molecular weight is 823 g/mol. The Morgan fingerprint density at radius 1 is 0.898 bits per heavy atom. The van der Waals surface area contributed by atoms with Crippen LogP contribution < -0.4 is 21.6 Å². The van der Waals surface area contributed by atoms with Crippen molar-refractivity contribution in [3.63, 3.8) is 0 Å². The Balaban J connectivity index is 0.822. The van der Waals surface area contributed by atoms with Crippen molar-refractivity contribution in [1.82, 2.24) is 34.3 Å². The zero-order valence-corrected chi connectivity index (χ0v) is 33.2. The molecule has 318 valence electrons. The number of aliphatic hydroxyl groups excluding tert-OH is 2. The number of nitrogens with zero attached hydrogens (tertiary/aromatic N) is 5. The number of benzene rings is 2. The lowest BCUT2D eigenvalue weighted by Crippen LogP contribution is -2.46. The number of hydrogen-bond donors (Lipinski definition) is 5. The fourth-order valence-corrected chi connectivity index (χ4v) is 8.05. The predicted molar refractivity (Wildman–Crippen MR) is 217 cm³/mol. The first kappa shape index (κ1) is 42.3. The molecule has 5 aromatic rings. The third kappa shape index (κ3) is 10.5. The van der Waals surface area contributed by atoms with Gasteiger partial charge in [-0.05, 0) is 80.2 Å². The Bertz CT molecular complexity index is 2250. The van der Waals surface area contributed by atoms with Gasteiger partial charge < -0.3 is 40.2 Å². The zero-order valence-electron chi connectivity index (χ0n) is 33.2. The molecule has 1 saturated carbocycles. The molecule has 14 nitrogen and oxygen atoms in total. The first-order valence-corrected chi connectivity index (χ1v) is 20.5. The number of amides is 1. The molecule has 1 aliphatic carbocycles. The summed E-state index contributed by atoms with van der Waals surface area (Å²) in [6, 6.07) is 13.5. The minimum Gasteiger partial charge on any atom is -0.393 e. The lowest BCUT2D eigenvalue weighted by molar-refractivity contribution is -0.132. The Morgan fingerprint density at radius 3 is 2.39 bits per heavy atom. The van der Waals surface area contributed by atoms with Crippen molar-refractivity contribution in [3.05, 3.63) is 76.5 Å². The Hall–Kier alpha value is -4.81. The van der Waals surface area contributed by atoms with E-state index in [9.17, 15) is 33.0 Å². The summed E-state index contributed by atoms with van der Waals surface area (Å²) in [7, 11) is 1.70. The molecule has 2 aliphatic rings. The van der Waals surface area contributed by atoms with Crippen LogP contribution in [0, 0.1) is 0 Å². The fraction of sp³-hybridized carbons (Fsp3) is 0.524. The summed E-state index contributed by atoms with van der Waals surface area (Å²) in [6.07, 6.45) is 2.59. The third-order valence-corrected chi connectivity index (χ3v) is 11.3. The van der Waals surface area contributed by atoms with Crippen molar-refractivity contribution in [1.29, 1.82) is 0 Å². The van der Waals surface area contributed by atoms with E-state index in [1.54, 1.807) is 17.8 Å². The highest BCUT2D eigenvalue weighted by molar-refractivity contribution is 5.94. The molecule has 3 aromatic heterocycles. The van der Waals surface area contributed by atoms with Crippen molar-refractivity contribution in [2.75, 3.05) is 44.8 Å². The van der Waals surface area contributed by atoms with Gasteiger partial charge in [-0.2, -0.15) is 18.2 Å². The summed E-state index contributed by atoms with van der Waals surface area (Å²) in [4.78, 5) is 34.5. The van der Waals surface area contributed by atoms with E-state index in [4.69, 9.17) is 9.47 Å². The van der Waals surface area contributed by atoms with E-state index in [-0.39, 0.29) is 36.2 Å². The van der Waals surface area contributed by atoms with Gasteiger partial charge in [0.1, 0.15) is 17.9 Å². The number of aromatic nitrogens is 5. The minimum absolute atomic E-state index is 0.120. The standard InChI is InChI=1S/C42H53F3N8O6/c1-51-36-23-27(6-13-34(36)53(41(51)57)35-14-15-37(55)49-39(35)56)3-2-19-58-21-22-59-20-18-46-24-28-4-7-29(8-5-28)33-26-52(30-9-11-31(54)12-10-30)38-32(33)25-48-40(50-38)47-17-16-42(43,44)45/h4-8,13,23,25-26,30-31,35,37,46,54-55H,2-3,9-12,14-22,24H2,1H3,(H,49,56)(H,47,48,50)/t30-,31-,35-,37?/m0/s1. The second-order valence-corrected chi connectivity index (χ2v) is 15.5. The number of carbonyl (C=O) groups excluding carboxylic acids is 1. The summed E-state index contributed by atoms with van der Waals surface area (Å²) in [5, 5.41) is 29.3. The number of ether oxygens (including phenoxy) is 2. The van der Waals surface area contributed by atoms with Crippen LogP contribution in [-0.2, 0) is 34.3 Å². The van der Waals surface area contributed by atoms with Gasteiger partial charge in [0.05, 0.1) is 43.4 Å². The van der Waals surface area contributed by atoms with E-state index in [1.807, 2.05) is 30.3 Å². The zero-order chi connectivity index (χ0) is 41.5. The van der Waals surface area contributed by atoms with Crippen LogP contribution in [0.25, 0.3) is 33.2 Å². The summed E-state index contributed by atoms with van der Waals surface area (Å²) in [5.41, 5.74) is 5.97. The number of alkyl halides is 3. The minimum atomic E-state index is -4.27. The average Bonchev–Trinajstić information content (AvgIpc) is 3.70. The molecule has 0 bridgehead atoms. The maximum absolute atomic E-state index is 13.0. The summed E-state index contributed by atoms with van der Waals surface area (Å²) >= 11 is 0. The predicted octanol–water partition coefficient (Wildman–Crippen LogP) is 5.12. The van der Waals surface area contributed by atoms with Gasteiger partial charge in [0.25, 0.3) is 0 Å². The molecular formula is C42H53F3N8O6. The second-order valence-electron chi connectivity index (χ2n) is 15.5. The van der Waals surface area contributed by atoms with Crippen LogP contribution in [0.2, 0.25) is 0 Å². The fourth-order valence-electron chi connectivity index (χ4n) is 8.05. The van der Waals surface area contributed by atoms with E-state index in [2.05, 4.69) is 48.8 Å². The van der Waals surface area contributed by atoms with Gasteiger partial charge in [-0.3, -0.25) is 13.9 Å². The van der Waals surface area contributed by atoms with E-state index < -0.39 is 24.9 Å². The molecule has 0 spiro atoms. The van der Waals surface area contributed by atoms with Crippen LogP contribution in [0.5, 0.6) is 0 Å². The Kier molecular flexibility index (Phi) is 13.7. The third-order valence-electron chi connectivity index (χ3n) is 11.3. The van der Waals surface area contributed by atoms with E-state index in [1.165, 1.54) is 4.57 Å². The number of rotatable bonds is 18. The highest BCUT2D eigenvalue weighted by Crippen LogP contribution is 2.37. The lowest BCUT2D eigenvalue weighted by atomic mass is 9.93. The van der Waals surface area contributed by atoms with Crippen LogP contribution in [0.1, 0.15) is 74.6 Å². The molecule has 2 fully saturated rings. The number of anilines is 1. The summed E-state index contributed by atoms with van der Waals surface area (Å²) < 4.78 is 54.9. The molecule has 59 heavy (non-hydrogen) atoms. The first-order valence-electron chi connectivity index (χ1n) is 20.5. The topological polar surface area (TPSA) is 170 Å². The second kappa shape index (κ2) is 19.1. The van der Waals surface area contributed by atoms with Crippen LogP contribution in [-0.4, -0.2) is 97.8 Å². The van der Waals surface area contributed by atoms with Gasteiger partial charge in [-0.15, -0.1) is 0 Å². The molecule has 0 radical (unpaired) electrons. The van der Waals surface area contributed by atoms with E-state index in [0.29, 0.717) is 76.4 Å². The van der Waals surface area contributed by atoms with Crippen LogP contribution in [0.4, 0.5) is 19.1 Å². The number of piperidine rings is 1. The molecule has 4 heterocycles. The number of nitrogens with one attached hydrogen (secondary N) is 3. The maximum Gasteiger partial charge on any atom is 0.390 e. The molecule has 7 rings (SSSR count). The van der Waals surface area contributed by atoms with Crippen molar-refractivity contribution in [3.8, 4) is 11.1 Å². The van der Waals surface area contributed by atoms with Crippen LogP contribution >= 0.6 is 0 Å². The van der Waals surface area contributed by atoms with Crippen molar-refractivity contribution in [2.24, 2.45) is 7.05 Å². The van der Waals surface area contributed by atoms with Gasteiger partial charge in [0.15, 0.2) is 0 Å². The number of halogens is 3. The molecule has 1 saturated heterocycles. The molecule has 1 aliphatic heterocycles. The molecular weight excluding hydrogens is 770 g/mol. The largest absolute Gasteiger partial charge is 0.393 e. The maximum atomic E-state index is 13.0. The molecule has 2 atom stereocenters. The van der Waals surface area contributed by atoms with Crippen LogP contribution in [0.15, 0.2) is 59.7 Å². The molecule has 1 unspecified atom stereocenters. The number of aryl methyl sites for hydroxylation is 2. The highest BCUT2D eigenvalue weighted by Gasteiger charge is 2.31. The number of imidazole rings is 1. The Labute approximate surface area is 339 Å². The first-order chi connectivity index (χ1) is 28.4. The highest BCUT2D eigenvalue weighted by atomic mass is 19.4. The smallest absolute Gasteiger partial charge is 0.390 e. The van der Waals surface area contributed by atoms with Gasteiger partial charge in [-0.1, -0.05) is 30.3 Å². The number of fused-ring (bicyclic) bond motifs is 2. The van der Waals surface area contributed by atoms with E-state index >= 15 is 0 Å². The van der Waals surface area contributed by atoms with Crippen molar-refractivity contribution < 1.29 is 37.7 Å². The van der Waals surface area contributed by atoms with Crippen molar-refractivity contribution >= 4 is 33.9 Å². The Morgan fingerprint density at radius 2 is 1.64 bits per heavy atom. The van der Waals surface area contributed by atoms with Gasteiger partial charge in [0, 0.05) is 62.7 Å². The quantitative estimate of drug-likeness (QED) is 0.0749. The van der Waals surface area contributed by atoms with Gasteiger partial charge in [-0.25, -0.2) is 9.78 Å². The number of hydrogen-bond acceptors (Lipinski definition) is 10. The van der Waals surface area contributed by atoms with E-state index in [0.717, 1.165) is 58.8 Å². The SMILES string of the molecule is Cn1c(=O)n([C@H]2CCC(O)NC2=O)c2ccc(CCCOCCOCCNCc3ccc(-c4cn([C@H]5CC[C@H](O)CC5)c5nc(NCCC(F)(F)F)ncc45)cc3)cc21. The van der Waals surface area contributed by atoms with Gasteiger partial charge >= 0.3 is 11.9 Å². The molecule has 1 amide bonds. The molecule has 5 N–H and O–H groups in total. The monoisotopic (exact) mass is 822 g/mol. The summed E-state index contributed by atoms with van der Waals surface area (Å²) in [6.45, 7) is 3.09. The van der Waals surface area contributed by atoms with Gasteiger partial charge in [0.2, 0.25) is 11.9 Å². The van der Waals surface area contributed by atoms with Crippen molar-refractivity contribution in [2.45, 2.75) is 94.9 Å². The van der Waals surface area contributed by atoms with Crippen LogP contribution in [0.3, 0.4) is 0 Å².